The summed E-state index contributed by atoms with van der Waals surface area (Å²) in [6, 6.07) is 20.0. The molecule has 0 spiro atoms. The Kier molecular flexibility index (Phi) is 4.01. The number of rotatable bonds is 4. The number of para-hydroxylation sites is 2. The van der Waals surface area contributed by atoms with Crippen molar-refractivity contribution >= 4 is 11.0 Å². The first-order valence-electron chi connectivity index (χ1n) is 8.31. The van der Waals surface area contributed by atoms with E-state index in [1.807, 2.05) is 24.3 Å². The average Bonchev–Trinajstić information content (AvgIpc) is 3.10. The molecule has 4 aromatic rings. The molecule has 0 fully saturated rings. The van der Waals surface area contributed by atoms with Crippen molar-refractivity contribution in [3.63, 3.8) is 0 Å². The van der Waals surface area contributed by atoms with Crippen LogP contribution in [0.3, 0.4) is 0 Å². The quantitative estimate of drug-likeness (QED) is 0.582. The predicted octanol–water partition coefficient (Wildman–Crippen LogP) is 4.13. The molecule has 0 atom stereocenters. The zero-order valence-electron chi connectivity index (χ0n) is 13.9. The van der Waals surface area contributed by atoms with Gasteiger partial charge in [0.15, 0.2) is 0 Å². The minimum Gasteiger partial charge on any atom is -0.341 e. The van der Waals surface area contributed by atoms with Crippen LogP contribution >= 0.6 is 0 Å². The van der Waals surface area contributed by atoms with E-state index in [-0.39, 0.29) is 18.2 Å². The van der Waals surface area contributed by atoms with E-state index in [4.69, 9.17) is 10.7 Å². The molecule has 0 radical (unpaired) electrons. The van der Waals surface area contributed by atoms with Crippen LogP contribution in [0, 0.1) is 11.6 Å². The number of nitrogens with zero attached hydrogens (tertiary/aromatic N) is 1. The number of halogens is 2. The highest BCUT2D eigenvalue weighted by atomic mass is 19.1. The third-order valence-corrected chi connectivity index (χ3v) is 4.77. The molecular weight excluding hydrogens is 332 g/mol. The zero-order chi connectivity index (χ0) is 18.1. The summed E-state index contributed by atoms with van der Waals surface area (Å²) < 4.78 is 27.0. The lowest BCUT2D eigenvalue weighted by atomic mass is 9.73. The number of H-pyrrole nitrogens is 1. The molecule has 0 unspecified atom stereocenters. The summed E-state index contributed by atoms with van der Waals surface area (Å²) in [6.45, 7) is 0.185. The van der Waals surface area contributed by atoms with Crippen molar-refractivity contribution in [2.24, 2.45) is 5.73 Å². The third-order valence-electron chi connectivity index (χ3n) is 4.77. The molecule has 1 aromatic heterocycles. The molecule has 0 aliphatic rings. The van der Waals surface area contributed by atoms with Gasteiger partial charge in [0, 0.05) is 6.54 Å². The van der Waals surface area contributed by atoms with E-state index in [9.17, 15) is 8.78 Å². The van der Waals surface area contributed by atoms with Crippen molar-refractivity contribution in [2.45, 2.75) is 5.41 Å². The molecule has 3 aromatic carbocycles. The van der Waals surface area contributed by atoms with Crippen molar-refractivity contribution in [1.29, 1.82) is 0 Å². The Labute approximate surface area is 149 Å². The molecule has 0 aliphatic heterocycles. The van der Waals surface area contributed by atoms with Crippen molar-refractivity contribution in [3.8, 4) is 0 Å². The highest BCUT2D eigenvalue weighted by Crippen LogP contribution is 2.37. The van der Waals surface area contributed by atoms with E-state index in [0.29, 0.717) is 5.82 Å². The van der Waals surface area contributed by atoms with Gasteiger partial charge in [0.05, 0.1) is 16.4 Å². The smallest absolute Gasteiger partial charge is 0.123 e. The molecule has 5 heteroatoms. The van der Waals surface area contributed by atoms with E-state index in [0.717, 1.165) is 22.2 Å². The first-order chi connectivity index (χ1) is 12.6. The summed E-state index contributed by atoms with van der Waals surface area (Å²) >= 11 is 0. The third kappa shape index (κ3) is 2.57. The largest absolute Gasteiger partial charge is 0.341 e. The van der Waals surface area contributed by atoms with Gasteiger partial charge in [0.2, 0.25) is 0 Å². The second kappa shape index (κ2) is 6.35. The van der Waals surface area contributed by atoms with E-state index in [1.54, 1.807) is 24.3 Å². The Morgan fingerprint density at radius 3 is 1.85 bits per heavy atom. The SMILES string of the molecule is NCC(c1ccc(F)cc1)(c1ccc(F)cc1)c1nc2ccccc2[nH]1. The van der Waals surface area contributed by atoms with Gasteiger partial charge in [-0.2, -0.15) is 0 Å². The van der Waals surface area contributed by atoms with E-state index < -0.39 is 5.41 Å². The topological polar surface area (TPSA) is 54.7 Å². The Bertz CT molecular complexity index is 958. The molecule has 130 valence electrons. The second-order valence-electron chi connectivity index (χ2n) is 6.23. The van der Waals surface area contributed by atoms with Crippen LogP contribution in [0.1, 0.15) is 17.0 Å². The van der Waals surface area contributed by atoms with E-state index in [1.165, 1.54) is 24.3 Å². The molecule has 1 heterocycles. The van der Waals surface area contributed by atoms with Gasteiger partial charge >= 0.3 is 0 Å². The van der Waals surface area contributed by atoms with Crippen molar-refractivity contribution in [1.82, 2.24) is 9.97 Å². The summed E-state index contributed by atoms with van der Waals surface area (Å²) in [5, 5.41) is 0. The minimum absolute atomic E-state index is 0.185. The van der Waals surface area contributed by atoms with Crippen LogP contribution < -0.4 is 5.73 Å². The average molecular weight is 349 g/mol. The number of aromatic nitrogens is 2. The molecule has 26 heavy (non-hydrogen) atoms. The van der Waals surface area contributed by atoms with Gasteiger partial charge in [-0.25, -0.2) is 13.8 Å². The molecular formula is C21H17F2N3. The molecule has 0 aliphatic carbocycles. The number of hydrogen-bond donors (Lipinski definition) is 2. The second-order valence-corrected chi connectivity index (χ2v) is 6.23. The van der Waals surface area contributed by atoms with Crippen LogP contribution in [0.2, 0.25) is 0 Å². The number of hydrogen-bond acceptors (Lipinski definition) is 2. The Hall–Kier alpha value is -3.05. The highest BCUT2D eigenvalue weighted by molar-refractivity contribution is 5.75. The summed E-state index contributed by atoms with van der Waals surface area (Å²) in [7, 11) is 0. The van der Waals surface area contributed by atoms with Gasteiger partial charge in [0.25, 0.3) is 0 Å². The fraction of sp³-hybridized carbons (Fsp3) is 0.0952. The minimum atomic E-state index is -0.847. The number of nitrogens with one attached hydrogen (secondary N) is 1. The van der Waals surface area contributed by atoms with E-state index in [2.05, 4.69) is 4.98 Å². The maximum atomic E-state index is 13.5. The van der Waals surface area contributed by atoms with Crippen molar-refractivity contribution in [3.05, 3.63) is 101 Å². The fourth-order valence-electron chi connectivity index (χ4n) is 3.40. The van der Waals surface area contributed by atoms with Crippen LogP contribution in [0.25, 0.3) is 11.0 Å². The van der Waals surface area contributed by atoms with Crippen molar-refractivity contribution < 1.29 is 8.78 Å². The lowest BCUT2D eigenvalue weighted by Crippen LogP contribution is -2.38. The van der Waals surface area contributed by atoms with Crippen LogP contribution in [0.4, 0.5) is 8.78 Å². The monoisotopic (exact) mass is 349 g/mol. The Morgan fingerprint density at radius 2 is 1.35 bits per heavy atom. The number of benzene rings is 3. The number of nitrogens with two attached hydrogens (primary N) is 1. The Morgan fingerprint density at radius 1 is 0.808 bits per heavy atom. The predicted molar refractivity (Wildman–Crippen MR) is 97.8 cm³/mol. The molecule has 0 saturated carbocycles. The van der Waals surface area contributed by atoms with Gasteiger partial charge in [-0.3, -0.25) is 0 Å². The summed E-state index contributed by atoms with van der Waals surface area (Å²) in [5.74, 6) is -0.0221. The van der Waals surface area contributed by atoms with Gasteiger partial charge in [-0.1, -0.05) is 36.4 Å². The van der Waals surface area contributed by atoms with E-state index >= 15 is 0 Å². The van der Waals surface area contributed by atoms with Gasteiger partial charge in [-0.15, -0.1) is 0 Å². The molecule has 3 nitrogen and oxygen atoms in total. The maximum absolute atomic E-state index is 13.5. The maximum Gasteiger partial charge on any atom is 0.123 e. The first-order valence-corrected chi connectivity index (χ1v) is 8.31. The van der Waals surface area contributed by atoms with Crippen molar-refractivity contribution in [2.75, 3.05) is 6.54 Å². The number of fused-ring (bicyclic) bond motifs is 1. The van der Waals surface area contributed by atoms with Crippen LogP contribution in [0.15, 0.2) is 72.8 Å². The lowest BCUT2D eigenvalue weighted by Gasteiger charge is -2.32. The molecule has 0 bridgehead atoms. The first kappa shape index (κ1) is 16.4. The van der Waals surface area contributed by atoms with Crippen LogP contribution in [-0.2, 0) is 5.41 Å². The summed E-state index contributed by atoms with van der Waals surface area (Å²) in [5.41, 5.74) is 8.67. The van der Waals surface area contributed by atoms with Gasteiger partial charge in [-0.05, 0) is 47.5 Å². The van der Waals surface area contributed by atoms with Gasteiger partial charge < -0.3 is 10.7 Å². The Balaban J connectivity index is 2.01. The van der Waals surface area contributed by atoms with Crippen LogP contribution in [0.5, 0.6) is 0 Å². The molecule has 4 rings (SSSR count). The lowest BCUT2D eigenvalue weighted by molar-refractivity contribution is 0.581. The van der Waals surface area contributed by atoms with Crippen LogP contribution in [-0.4, -0.2) is 16.5 Å². The number of aromatic amines is 1. The summed E-state index contributed by atoms with van der Waals surface area (Å²) in [6.07, 6.45) is 0. The number of imidazole rings is 1. The molecule has 0 amide bonds. The normalized spacial score (nSPS) is 11.8. The molecule has 3 N–H and O–H groups in total. The standard InChI is InChI=1S/C21H17F2N3/c22-16-9-5-14(6-10-16)21(13-24,15-7-11-17(23)12-8-15)20-25-18-3-1-2-4-19(18)26-20/h1-12H,13,24H2,(H,25,26). The van der Waals surface area contributed by atoms with Gasteiger partial charge in [0.1, 0.15) is 17.5 Å². The fourth-order valence-corrected chi connectivity index (χ4v) is 3.40. The molecule has 0 saturated heterocycles. The zero-order valence-corrected chi connectivity index (χ0v) is 13.9. The highest BCUT2D eigenvalue weighted by Gasteiger charge is 2.38. The summed E-state index contributed by atoms with van der Waals surface area (Å²) in [4.78, 5) is 8.07.